The van der Waals surface area contributed by atoms with Crippen LogP contribution in [0.25, 0.3) is 10.9 Å². The Kier molecular flexibility index (Phi) is 2.66. The molecule has 0 atom stereocenters. The minimum Gasteiger partial charge on any atom is -0.497 e. The summed E-state index contributed by atoms with van der Waals surface area (Å²) in [4.78, 5) is 14.1. The Morgan fingerprint density at radius 1 is 1.39 bits per heavy atom. The molecule has 18 heavy (non-hydrogen) atoms. The summed E-state index contributed by atoms with van der Waals surface area (Å²) in [5.74, 6) is 0.773. The SMILES string of the molecule is COc1ccc2c(C(=O)N3CCCC3)n[nH]c2c1. The van der Waals surface area contributed by atoms with Crippen LogP contribution in [0.5, 0.6) is 5.75 Å². The molecular formula is C13H15N3O2. The van der Waals surface area contributed by atoms with Gasteiger partial charge in [0.1, 0.15) is 5.75 Å². The average molecular weight is 245 g/mol. The molecule has 1 fully saturated rings. The molecule has 0 unspecified atom stereocenters. The molecule has 0 bridgehead atoms. The van der Waals surface area contributed by atoms with Crippen LogP contribution >= 0.6 is 0 Å². The molecule has 1 aliphatic rings. The molecule has 5 nitrogen and oxygen atoms in total. The van der Waals surface area contributed by atoms with Crippen molar-refractivity contribution in [1.29, 1.82) is 0 Å². The predicted octanol–water partition coefficient (Wildman–Crippen LogP) is 1.81. The number of hydrogen-bond donors (Lipinski definition) is 1. The molecule has 0 saturated carbocycles. The number of methoxy groups -OCH3 is 1. The fourth-order valence-electron chi connectivity index (χ4n) is 2.36. The summed E-state index contributed by atoms with van der Waals surface area (Å²) in [6.45, 7) is 1.67. The third-order valence-electron chi connectivity index (χ3n) is 3.37. The fraction of sp³-hybridized carbons (Fsp3) is 0.385. The Bertz CT molecular complexity index is 585. The van der Waals surface area contributed by atoms with Crippen molar-refractivity contribution in [2.24, 2.45) is 0 Å². The van der Waals surface area contributed by atoms with E-state index in [1.54, 1.807) is 7.11 Å². The number of H-pyrrole nitrogens is 1. The summed E-state index contributed by atoms with van der Waals surface area (Å²) in [5.41, 5.74) is 1.34. The van der Waals surface area contributed by atoms with Crippen LogP contribution < -0.4 is 4.74 Å². The van der Waals surface area contributed by atoms with E-state index in [4.69, 9.17) is 4.74 Å². The quantitative estimate of drug-likeness (QED) is 0.877. The van der Waals surface area contributed by atoms with E-state index in [2.05, 4.69) is 10.2 Å². The highest BCUT2D eigenvalue weighted by atomic mass is 16.5. The number of likely N-dealkylation sites (tertiary alicyclic amines) is 1. The van der Waals surface area contributed by atoms with Gasteiger partial charge in [-0.1, -0.05) is 0 Å². The van der Waals surface area contributed by atoms with E-state index in [1.807, 2.05) is 23.1 Å². The van der Waals surface area contributed by atoms with Crippen molar-refractivity contribution >= 4 is 16.8 Å². The summed E-state index contributed by atoms with van der Waals surface area (Å²) < 4.78 is 5.15. The molecule has 1 N–H and O–H groups in total. The number of nitrogens with zero attached hydrogens (tertiary/aromatic N) is 2. The molecule has 2 heterocycles. The number of aromatic amines is 1. The standard InChI is InChI=1S/C13H15N3O2/c1-18-9-4-5-10-11(8-9)14-15-12(10)13(17)16-6-2-3-7-16/h4-5,8H,2-3,6-7H2,1H3,(H,14,15). The Morgan fingerprint density at radius 2 is 2.17 bits per heavy atom. The number of carbonyl (C=O) groups is 1. The van der Waals surface area contributed by atoms with Crippen LogP contribution in [-0.2, 0) is 0 Å². The minimum absolute atomic E-state index is 0.0175. The number of aromatic nitrogens is 2. The van der Waals surface area contributed by atoms with Crippen molar-refractivity contribution in [3.63, 3.8) is 0 Å². The highest BCUT2D eigenvalue weighted by Crippen LogP contribution is 2.23. The molecule has 1 aliphatic heterocycles. The average Bonchev–Trinajstić information content (AvgIpc) is 3.06. The zero-order valence-electron chi connectivity index (χ0n) is 10.3. The number of nitrogens with one attached hydrogen (secondary N) is 1. The second-order valence-corrected chi connectivity index (χ2v) is 4.48. The maximum absolute atomic E-state index is 12.3. The molecule has 1 aromatic carbocycles. The van der Waals surface area contributed by atoms with Gasteiger partial charge in [-0.25, -0.2) is 0 Å². The summed E-state index contributed by atoms with van der Waals surface area (Å²) >= 11 is 0. The van der Waals surface area contributed by atoms with Crippen LogP contribution in [0.15, 0.2) is 18.2 Å². The van der Waals surface area contributed by atoms with Gasteiger partial charge < -0.3 is 9.64 Å². The van der Waals surface area contributed by atoms with Crippen molar-refractivity contribution in [2.75, 3.05) is 20.2 Å². The molecule has 2 aromatic rings. The zero-order valence-corrected chi connectivity index (χ0v) is 10.3. The third kappa shape index (κ3) is 1.72. The monoisotopic (exact) mass is 245 g/mol. The van der Waals surface area contributed by atoms with Gasteiger partial charge in [0.25, 0.3) is 5.91 Å². The lowest BCUT2D eigenvalue weighted by Gasteiger charge is -2.13. The Labute approximate surface area is 105 Å². The first-order valence-electron chi connectivity index (χ1n) is 6.11. The lowest BCUT2D eigenvalue weighted by molar-refractivity contribution is 0.0789. The molecular weight excluding hydrogens is 230 g/mol. The number of rotatable bonds is 2. The third-order valence-corrected chi connectivity index (χ3v) is 3.37. The van der Waals surface area contributed by atoms with Gasteiger partial charge in [0.2, 0.25) is 0 Å². The Hall–Kier alpha value is -2.04. The number of carbonyl (C=O) groups excluding carboxylic acids is 1. The van der Waals surface area contributed by atoms with E-state index < -0.39 is 0 Å². The van der Waals surface area contributed by atoms with Gasteiger partial charge in [-0.05, 0) is 25.0 Å². The maximum Gasteiger partial charge on any atom is 0.274 e. The van der Waals surface area contributed by atoms with Crippen LogP contribution in [0.4, 0.5) is 0 Å². The Morgan fingerprint density at radius 3 is 2.89 bits per heavy atom. The number of benzene rings is 1. The molecule has 0 aliphatic carbocycles. The molecule has 0 spiro atoms. The number of hydrogen-bond acceptors (Lipinski definition) is 3. The van der Waals surface area contributed by atoms with Gasteiger partial charge in [-0.2, -0.15) is 5.10 Å². The first kappa shape index (κ1) is 11.1. The van der Waals surface area contributed by atoms with Crippen molar-refractivity contribution < 1.29 is 9.53 Å². The number of amides is 1. The molecule has 0 radical (unpaired) electrons. The summed E-state index contributed by atoms with van der Waals surface area (Å²) in [6.07, 6.45) is 2.17. The van der Waals surface area contributed by atoms with Crippen LogP contribution in [-0.4, -0.2) is 41.2 Å². The normalized spacial score (nSPS) is 15.3. The lowest BCUT2D eigenvalue weighted by atomic mass is 10.2. The van der Waals surface area contributed by atoms with Crippen molar-refractivity contribution in [1.82, 2.24) is 15.1 Å². The summed E-state index contributed by atoms with van der Waals surface area (Å²) in [7, 11) is 1.62. The number of ether oxygens (including phenoxy) is 1. The van der Waals surface area contributed by atoms with Crippen molar-refractivity contribution in [2.45, 2.75) is 12.8 Å². The van der Waals surface area contributed by atoms with Gasteiger partial charge >= 0.3 is 0 Å². The second-order valence-electron chi connectivity index (χ2n) is 4.48. The first-order valence-corrected chi connectivity index (χ1v) is 6.11. The molecule has 1 saturated heterocycles. The maximum atomic E-state index is 12.3. The van der Waals surface area contributed by atoms with Gasteiger partial charge in [0.05, 0.1) is 12.6 Å². The van der Waals surface area contributed by atoms with Crippen molar-refractivity contribution in [3.8, 4) is 5.75 Å². The largest absolute Gasteiger partial charge is 0.497 e. The van der Waals surface area contributed by atoms with Crippen LogP contribution in [0, 0.1) is 0 Å². The molecule has 5 heteroatoms. The molecule has 3 rings (SSSR count). The van der Waals surface area contributed by atoms with Gasteiger partial charge in [0.15, 0.2) is 5.69 Å². The molecule has 94 valence electrons. The Balaban J connectivity index is 1.99. The zero-order chi connectivity index (χ0) is 12.5. The topological polar surface area (TPSA) is 58.2 Å². The van der Waals surface area contributed by atoms with Gasteiger partial charge in [0, 0.05) is 24.5 Å². The van der Waals surface area contributed by atoms with Gasteiger partial charge in [-0.15, -0.1) is 0 Å². The summed E-state index contributed by atoms with van der Waals surface area (Å²) in [6, 6.07) is 5.57. The van der Waals surface area contributed by atoms with E-state index in [1.165, 1.54) is 0 Å². The van der Waals surface area contributed by atoms with E-state index >= 15 is 0 Å². The highest BCUT2D eigenvalue weighted by Gasteiger charge is 2.23. The van der Waals surface area contributed by atoms with E-state index in [0.717, 1.165) is 42.6 Å². The van der Waals surface area contributed by atoms with Crippen molar-refractivity contribution in [3.05, 3.63) is 23.9 Å². The van der Waals surface area contributed by atoms with Crippen LogP contribution in [0.1, 0.15) is 23.3 Å². The van der Waals surface area contributed by atoms with E-state index in [9.17, 15) is 4.79 Å². The van der Waals surface area contributed by atoms with Crippen LogP contribution in [0.3, 0.4) is 0 Å². The first-order chi connectivity index (χ1) is 8.79. The second kappa shape index (κ2) is 4.33. The smallest absolute Gasteiger partial charge is 0.274 e. The molecule has 1 amide bonds. The fourth-order valence-corrected chi connectivity index (χ4v) is 2.36. The number of fused-ring (bicyclic) bond motifs is 1. The van der Waals surface area contributed by atoms with E-state index in [0.29, 0.717) is 5.69 Å². The van der Waals surface area contributed by atoms with Gasteiger partial charge in [-0.3, -0.25) is 9.89 Å². The minimum atomic E-state index is 0.0175. The predicted molar refractivity (Wildman–Crippen MR) is 67.8 cm³/mol. The molecule has 1 aromatic heterocycles. The van der Waals surface area contributed by atoms with E-state index in [-0.39, 0.29) is 5.91 Å². The summed E-state index contributed by atoms with van der Waals surface area (Å²) in [5, 5.41) is 7.89. The van der Waals surface area contributed by atoms with Crippen LogP contribution in [0.2, 0.25) is 0 Å². The lowest BCUT2D eigenvalue weighted by Crippen LogP contribution is -2.28. The highest BCUT2D eigenvalue weighted by molar-refractivity contribution is 6.04.